The Balaban J connectivity index is 1.78. The molecule has 34 heavy (non-hydrogen) atoms. The molecule has 0 amide bonds. The molecule has 0 spiro atoms. The Labute approximate surface area is 198 Å². The topological polar surface area (TPSA) is 47.0 Å². The molecule has 1 aromatic heterocycles. The molecule has 1 heterocycles. The molecule has 0 atom stereocenters. The first-order chi connectivity index (χ1) is 16.7. The zero-order valence-electron chi connectivity index (χ0n) is 18.5. The molecule has 0 saturated carbocycles. The molecule has 4 nitrogen and oxygen atoms in total. The van der Waals surface area contributed by atoms with Crippen molar-refractivity contribution in [3.63, 3.8) is 0 Å². The maximum absolute atomic E-state index is 11.2. The molecule has 4 aromatic carbocycles. The summed E-state index contributed by atoms with van der Waals surface area (Å²) in [5.74, 6) is 0. The highest BCUT2D eigenvalue weighted by Crippen LogP contribution is 2.30. The van der Waals surface area contributed by atoms with Crippen molar-refractivity contribution in [1.82, 2.24) is 0 Å². The first-order valence-electron chi connectivity index (χ1n) is 11.2. The van der Waals surface area contributed by atoms with Gasteiger partial charge in [0, 0.05) is 41.0 Å². The largest absolute Gasteiger partial charge is 0.269 e. The summed E-state index contributed by atoms with van der Waals surface area (Å²) < 4.78 is 2.29. The van der Waals surface area contributed by atoms with Gasteiger partial charge in [0.2, 0.25) is 11.4 Å². The summed E-state index contributed by atoms with van der Waals surface area (Å²) in [7, 11) is 0. The maximum atomic E-state index is 11.2. The number of nitrogens with zero attached hydrogens (tertiary/aromatic N) is 2. The van der Waals surface area contributed by atoms with Crippen molar-refractivity contribution in [2.75, 3.05) is 0 Å². The van der Waals surface area contributed by atoms with E-state index >= 15 is 0 Å². The molecule has 0 unspecified atom stereocenters. The van der Waals surface area contributed by atoms with Gasteiger partial charge in [-0.2, -0.15) is 4.57 Å². The molecule has 0 aliphatic rings. The van der Waals surface area contributed by atoms with E-state index in [1.807, 2.05) is 66.7 Å². The van der Waals surface area contributed by atoms with Crippen molar-refractivity contribution in [3.8, 4) is 33.6 Å². The van der Waals surface area contributed by atoms with Gasteiger partial charge in [-0.25, -0.2) is 0 Å². The zero-order valence-corrected chi connectivity index (χ0v) is 18.5. The molecule has 0 aliphatic heterocycles. The first kappa shape index (κ1) is 21.3. The number of non-ortho nitro benzene ring substituents is 1. The predicted molar refractivity (Wildman–Crippen MR) is 135 cm³/mol. The fourth-order valence-electron chi connectivity index (χ4n) is 4.20. The van der Waals surface area contributed by atoms with Crippen LogP contribution in [0, 0.1) is 10.1 Å². The van der Waals surface area contributed by atoms with Crippen LogP contribution in [-0.2, 0) is 6.54 Å². The van der Waals surface area contributed by atoms with Crippen LogP contribution < -0.4 is 4.57 Å². The predicted octanol–water partition coefficient (Wildman–Crippen LogP) is 6.93. The first-order valence-corrected chi connectivity index (χ1v) is 11.2. The summed E-state index contributed by atoms with van der Waals surface area (Å²) in [5.41, 5.74) is 7.60. The molecule has 0 saturated heterocycles. The van der Waals surface area contributed by atoms with Crippen LogP contribution in [0.25, 0.3) is 33.6 Å². The number of hydrogen-bond acceptors (Lipinski definition) is 2. The van der Waals surface area contributed by atoms with Crippen molar-refractivity contribution >= 4 is 5.69 Å². The Morgan fingerprint density at radius 2 is 1.03 bits per heavy atom. The Morgan fingerprint density at radius 1 is 0.559 bits per heavy atom. The maximum Gasteiger partial charge on any atom is 0.269 e. The minimum Gasteiger partial charge on any atom is -0.258 e. The Hall–Kier alpha value is -4.57. The van der Waals surface area contributed by atoms with Crippen LogP contribution in [0.15, 0.2) is 127 Å². The lowest BCUT2D eigenvalue weighted by Crippen LogP contribution is -2.39. The summed E-state index contributed by atoms with van der Waals surface area (Å²) in [6, 6.07) is 42.2. The van der Waals surface area contributed by atoms with Gasteiger partial charge >= 0.3 is 0 Å². The lowest BCUT2D eigenvalue weighted by Gasteiger charge is -2.13. The van der Waals surface area contributed by atoms with E-state index in [9.17, 15) is 10.1 Å². The van der Waals surface area contributed by atoms with Crippen molar-refractivity contribution in [2.45, 2.75) is 6.54 Å². The minimum absolute atomic E-state index is 0.0841. The second-order valence-corrected chi connectivity index (χ2v) is 8.12. The Kier molecular flexibility index (Phi) is 5.95. The molecule has 0 fully saturated rings. The van der Waals surface area contributed by atoms with Gasteiger partial charge in [-0.1, -0.05) is 78.9 Å². The van der Waals surface area contributed by atoms with Gasteiger partial charge in [-0.15, -0.1) is 0 Å². The molecule has 5 rings (SSSR count). The second kappa shape index (κ2) is 9.51. The highest BCUT2D eigenvalue weighted by Gasteiger charge is 2.23. The summed E-state index contributed by atoms with van der Waals surface area (Å²) in [6.45, 7) is 0.673. The van der Waals surface area contributed by atoms with E-state index in [2.05, 4.69) is 53.1 Å². The van der Waals surface area contributed by atoms with E-state index in [0.717, 1.165) is 33.6 Å². The van der Waals surface area contributed by atoms with Crippen molar-refractivity contribution in [2.24, 2.45) is 0 Å². The SMILES string of the molecule is O=[N+]([O-])c1ccc(-c2cc(-c3ccccc3)cc(-c3ccccc3)[n+]2Cc2ccccc2)cc1. The summed E-state index contributed by atoms with van der Waals surface area (Å²) in [6.07, 6.45) is 0. The number of pyridine rings is 1. The number of nitro groups is 1. The van der Waals surface area contributed by atoms with Crippen molar-refractivity contribution in [3.05, 3.63) is 143 Å². The normalized spacial score (nSPS) is 10.7. The summed E-state index contributed by atoms with van der Waals surface area (Å²) >= 11 is 0. The molecular formula is C30H23N2O2+. The van der Waals surface area contributed by atoms with Gasteiger partial charge in [0.05, 0.1) is 4.92 Å². The highest BCUT2D eigenvalue weighted by molar-refractivity contribution is 5.74. The van der Waals surface area contributed by atoms with Crippen molar-refractivity contribution < 1.29 is 9.49 Å². The van der Waals surface area contributed by atoms with E-state index in [-0.39, 0.29) is 10.6 Å². The van der Waals surface area contributed by atoms with Crippen LogP contribution in [0.4, 0.5) is 5.69 Å². The average molecular weight is 444 g/mol. The standard InChI is InChI=1S/C30H23N2O2/c33-32(34)28-18-16-26(17-19-28)30-21-27(24-12-6-2-7-13-24)20-29(25-14-8-3-9-15-25)31(30)22-23-10-4-1-5-11-23/h1-21H,22H2/q+1. The van der Waals surface area contributed by atoms with E-state index in [1.54, 1.807) is 12.1 Å². The van der Waals surface area contributed by atoms with E-state index < -0.39 is 0 Å². The minimum atomic E-state index is -0.363. The highest BCUT2D eigenvalue weighted by atomic mass is 16.6. The van der Waals surface area contributed by atoms with Crippen LogP contribution >= 0.6 is 0 Å². The second-order valence-electron chi connectivity index (χ2n) is 8.12. The molecule has 0 bridgehead atoms. The summed E-state index contributed by atoms with van der Waals surface area (Å²) in [4.78, 5) is 10.9. The molecular weight excluding hydrogens is 420 g/mol. The number of hydrogen-bond donors (Lipinski definition) is 0. The monoisotopic (exact) mass is 443 g/mol. The lowest BCUT2D eigenvalue weighted by molar-refractivity contribution is -0.666. The van der Waals surface area contributed by atoms with Crippen LogP contribution in [0.1, 0.15) is 5.56 Å². The van der Waals surface area contributed by atoms with Gasteiger partial charge in [0.25, 0.3) is 5.69 Å². The average Bonchev–Trinajstić information content (AvgIpc) is 2.90. The molecule has 164 valence electrons. The fraction of sp³-hybridized carbons (Fsp3) is 0.0333. The van der Waals surface area contributed by atoms with Gasteiger partial charge in [-0.05, 0) is 35.4 Å². The summed E-state index contributed by atoms with van der Waals surface area (Å²) in [5, 5.41) is 11.2. The number of benzene rings is 4. The molecule has 4 heteroatoms. The van der Waals surface area contributed by atoms with Crippen LogP contribution in [0.2, 0.25) is 0 Å². The Bertz CT molecular complexity index is 1420. The van der Waals surface area contributed by atoms with E-state index in [0.29, 0.717) is 6.54 Å². The molecule has 0 N–H and O–H groups in total. The number of nitro benzene ring substituents is 1. The van der Waals surface area contributed by atoms with E-state index in [4.69, 9.17) is 0 Å². The molecule has 5 aromatic rings. The number of aromatic nitrogens is 1. The van der Waals surface area contributed by atoms with Gasteiger partial charge in [0.1, 0.15) is 0 Å². The third-order valence-electron chi connectivity index (χ3n) is 5.90. The Morgan fingerprint density at radius 3 is 1.56 bits per heavy atom. The number of rotatable bonds is 6. The van der Waals surface area contributed by atoms with E-state index in [1.165, 1.54) is 5.56 Å². The smallest absolute Gasteiger partial charge is 0.258 e. The molecule has 0 radical (unpaired) electrons. The quantitative estimate of drug-likeness (QED) is 0.162. The van der Waals surface area contributed by atoms with Crippen LogP contribution in [0.5, 0.6) is 0 Å². The van der Waals surface area contributed by atoms with Crippen LogP contribution in [-0.4, -0.2) is 4.92 Å². The van der Waals surface area contributed by atoms with Gasteiger partial charge in [0.15, 0.2) is 6.54 Å². The van der Waals surface area contributed by atoms with Gasteiger partial charge in [-0.3, -0.25) is 10.1 Å². The van der Waals surface area contributed by atoms with Crippen molar-refractivity contribution in [1.29, 1.82) is 0 Å². The third-order valence-corrected chi connectivity index (χ3v) is 5.90. The molecule has 0 aliphatic carbocycles. The van der Waals surface area contributed by atoms with Gasteiger partial charge < -0.3 is 0 Å². The van der Waals surface area contributed by atoms with Crippen LogP contribution in [0.3, 0.4) is 0 Å². The third kappa shape index (κ3) is 4.48. The zero-order chi connectivity index (χ0) is 23.3. The lowest BCUT2D eigenvalue weighted by atomic mass is 9.98. The fourth-order valence-corrected chi connectivity index (χ4v) is 4.20.